The number of carbonyl (C=O) groups excluding carboxylic acids is 3. The van der Waals surface area contributed by atoms with E-state index in [-0.39, 0.29) is 36.3 Å². The summed E-state index contributed by atoms with van der Waals surface area (Å²) in [6.45, 7) is 6.41. The zero-order valence-electron chi connectivity index (χ0n) is 28.9. The molecule has 1 aliphatic carbocycles. The van der Waals surface area contributed by atoms with E-state index in [2.05, 4.69) is 16.4 Å². The van der Waals surface area contributed by atoms with Gasteiger partial charge in [0, 0.05) is 51.9 Å². The molecule has 48 heavy (non-hydrogen) atoms. The second kappa shape index (κ2) is 13.8. The van der Waals surface area contributed by atoms with Gasteiger partial charge in [-0.15, -0.1) is 0 Å². The first-order valence-electron chi connectivity index (χ1n) is 16.5. The summed E-state index contributed by atoms with van der Waals surface area (Å²) in [6.07, 6.45) is 2.98. The van der Waals surface area contributed by atoms with Crippen LogP contribution in [0.25, 0.3) is 0 Å². The number of likely N-dealkylation sites (tertiary alicyclic amines) is 1. The van der Waals surface area contributed by atoms with E-state index in [1.807, 2.05) is 45.0 Å². The summed E-state index contributed by atoms with van der Waals surface area (Å²) < 4.78 is 7.25. The van der Waals surface area contributed by atoms with Crippen LogP contribution in [0.4, 0.5) is 0 Å². The van der Waals surface area contributed by atoms with Crippen LogP contribution < -0.4 is 11.1 Å². The SMILES string of the molecule is CC(C)n1oc(=O)nc1C1(C[C@H](C)NCC(=O)N2CCCC2C#N)c2ccc(C(=O)N(C)C)cc2CCc2cc(C(=O)N(C)C)ccc21. The summed E-state index contributed by atoms with van der Waals surface area (Å²) >= 11 is 0. The van der Waals surface area contributed by atoms with Gasteiger partial charge in [-0.05, 0) is 99.4 Å². The van der Waals surface area contributed by atoms with Crippen molar-refractivity contribution < 1.29 is 18.9 Å². The topological polar surface area (TPSA) is 145 Å². The maximum absolute atomic E-state index is 13.2. The number of carbonyl (C=O) groups is 3. The molecule has 1 N–H and O–H groups in total. The number of fused-ring (bicyclic) bond motifs is 2. The Kier molecular flexibility index (Phi) is 9.91. The van der Waals surface area contributed by atoms with Gasteiger partial charge in [0.15, 0.2) is 5.82 Å². The molecule has 254 valence electrons. The van der Waals surface area contributed by atoms with Gasteiger partial charge in [-0.2, -0.15) is 15.0 Å². The molecule has 0 radical (unpaired) electrons. The van der Waals surface area contributed by atoms with Crippen molar-refractivity contribution in [1.82, 2.24) is 29.7 Å². The van der Waals surface area contributed by atoms with E-state index in [1.54, 1.807) is 50.0 Å². The zero-order valence-corrected chi connectivity index (χ0v) is 28.9. The van der Waals surface area contributed by atoms with Crippen molar-refractivity contribution in [2.24, 2.45) is 0 Å². The molecule has 0 saturated carbocycles. The van der Waals surface area contributed by atoms with Crippen LogP contribution in [0.3, 0.4) is 0 Å². The number of aromatic nitrogens is 2. The van der Waals surface area contributed by atoms with E-state index < -0.39 is 17.2 Å². The van der Waals surface area contributed by atoms with Crippen LogP contribution in [0.15, 0.2) is 45.7 Å². The van der Waals surface area contributed by atoms with Crippen LogP contribution in [0.5, 0.6) is 0 Å². The van der Waals surface area contributed by atoms with Crippen LogP contribution in [-0.2, 0) is 23.1 Å². The Morgan fingerprint density at radius 3 is 2.06 bits per heavy atom. The number of hydrogen-bond acceptors (Lipinski definition) is 8. The van der Waals surface area contributed by atoms with Crippen LogP contribution in [0.2, 0.25) is 0 Å². The average Bonchev–Trinajstić information content (AvgIpc) is 3.68. The van der Waals surface area contributed by atoms with E-state index in [0.717, 1.165) is 28.7 Å². The molecule has 1 unspecified atom stereocenters. The van der Waals surface area contributed by atoms with E-state index in [0.29, 0.717) is 49.2 Å². The minimum absolute atomic E-state index is 0.0392. The average molecular weight is 656 g/mol. The van der Waals surface area contributed by atoms with E-state index >= 15 is 0 Å². The molecular weight excluding hydrogens is 610 g/mol. The molecule has 3 aromatic rings. The number of nitriles is 1. The lowest BCUT2D eigenvalue weighted by atomic mass is 9.67. The lowest BCUT2D eigenvalue weighted by Crippen LogP contribution is -2.46. The fourth-order valence-electron chi connectivity index (χ4n) is 7.19. The third kappa shape index (κ3) is 6.39. The highest BCUT2D eigenvalue weighted by Crippen LogP contribution is 2.48. The second-order valence-electron chi connectivity index (χ2n) is 13.6. The highest BCUT2D eigenvalue weighted by Gasteiger charge is 2.47. The van der Waals surface area contributed by atoms with Crippen molar-refractivity contribution in [3.05, 3.63) is 86.2 Å². The van der Waals surface area contributed by atoms with Crippen molar-refractivity contribution >= 4 is 17.7 Å². The first kappa shape index (κ1) is 34.6. The summed E-state index contributed by atoms with van der Waals surface area (Å²) in [5.41, 5.74) is 3.58. The van der Waals surface area contributed by atoms with E-state index in [1.165, 1.54) is 9.80 Å². The second-order valence-corrected chi connectivity index (χ2v) is 13.6. The fraction of sp³-hybridized carbons (Fsp3) is 0.500. The van der Waals surface area contributed by atoms with Gasteiger partial charge < -0.3 is 24.5 Å². The molecule has 0 bridgehead atoms. The summed E-state index contributed by atoms with van der Waals surface area (Å²) in [7, 11) is 6.85. The highest BCUT2D eigenvalue weighted by molar-refractivity contribution is 5.95. The summed E-state index contributed by atoms with van der Waals surface area (Å²) in [6, 6.07) is 12.6. The van der Waals surface area contributed by atoms with Gasteiger partial charge in [-0.3, -0.25) is 14.4 Å². The van der Waals surface area contributed by atoms with E-state index in [9.17, 15) is 24.4 Å². The molecule has 1 fully saturated rings. The Balaban J connectivity index is 1.71. The van der Waals surface area contributed by atoms with Crippen molar-refractivity contribution in [3.8, 4) is 6.07 Å². The molecule has 2 atom stereocenters. The first-order valence-corrected chi connectivity index (χ1v) is 16.5. The van der Waals surface area contributed by atoms with Gasteiger partial charge in [0.1, 0.15) is 6.04 Å². The van der Waals surface area contributed by atoms with Crippen molar-refractivity contribution in [2.45, 2.75) is 76.4 Å². The van der Waals surface area contributed by atoms with Crippen molar-refractivity contribution in [2.75, 3.05) is 41.3 Å². The Morgan fingerprint density at radius 1 is 1.00 bits per heavy atom. The first-order chi connectivity index (χ1) is 22.8. The zero-order chi connectivity index (χ0) is 34.9. The molecule has 12 heteroatoms. The largest absolute Gasteiger partial charge is 0.459 e. The molecule has 3 amide bonds. The third-order valence-electron chi connectivity index (χ3n) is 9.47. The third-order valence-corrected chi connectivity index (χ3v) is 9.47. The quantitative estimate of drug-likeness (QED) is 0.370. The molecule has 2 heterocycles. The van der Waals surface area contributed by atoms with Gasteiger partial charge in [-0.25, -0.2) is 4.79 Å². The lowest BCUT2D eigenvalue weighted by molar-refractivity contribution is -0.130. The maximum atomic E-state index is 13.2. The molecule has 1 saturated heterocycles. The van der Waals surface area contributed by atoms with E-state index in [4.69, 9.17) is 4.52 Å². The predicted molar refractivity (Wildman–Crippen MR) is 180 cm³/mol. The lowest BCUT2D eigenvalue weighted by Gasteiger charge is -2.38. The van der Waals surface area contributed by atoms with Gasteiger partial charge in [0.25, 0.3) is 11.8 Å². The number of hydrogen-bond donors (Lipinski definition) is 1. The van der Waals surface area contributed by atoms with Crippen LogP contribution in [-0.4, -0.2) is 95.5 Å². The molecule has 1 aromatic heterocycles. The summed E-state index contributed by atoms with van der Waals surface area (Å²) in [4.78, 5) is 61.7. The fourth-order valence-corrected chi connectivity index (χ4v) is 7.19. The van der Waals surface area contributed by atoms with Crippen LogP contribution >= 0.6 is 0 Å². The van der Waals surface area contributed by atoms with Crippen molar-refractivity contribution in [3.63, 3.8) is 0 Å². The number of rotatable bonds is 9. The number of benzene rings is 2. The highest BCUT2D eigenvalue weighted by atomic mass is 16.5. The Bertz CT molecular complexity index is 1740. The summed E-state index contributed by atoms with van der Waals surface area (Å²) in [5.74, 6) is -0.710. The Labute approximate surface area is 281 Å². The smallest absolute Gasteiger partial charge is 0.345 e. The minimum Gasteiger partial charge on any atom is -0.345 e. The van der Waals surface area contributed by atoms with Gasteiger partial charge >= 0.3 is 5.76 Å². The Hall–Kier alpha value is -4.76. The molecule has 0 spiro atoms. The summed E-state index contributed by atoms with van der Waals surface area (Å²) in [5, 5.41) is 12.9. The van der Waals surface area contributed by atoms with Crippen molar-refractivity contribution in [1.29, 1.82) is 5.26 Å². The molecule has 2 aromatic carbocycles. The van der Waals surface area contributed by atoms with Gasteiger partial charge in [0.05, 0.1) is 24.1 Å². The minimum atomic E-state index is -1.07. The van der Waals surface area contributed by atoms with Crippen LogP contribution in [0, 0.1) is 11.3 Å². The molecule has 1 aliphatic heterocycles. The van der Waals surface area contributed by atoms with Gasteiger partial charge in [-0.1, -0.05) is 12.1 Å². The standard InChI is InChI=1S/C36H45N7O5/c1-22(2)43-34(39-35(47)48-43)36(19-23(3)38-21-31(44)42-16-8-9-28(42)20-37)29-14-12-26(32(45)40(4)5)17-24(29)10-11-25-18-27(13-15-30(25)36)33(46)41(6)7/h12-15,17-18,22-23,28,38H,8-11,16,19,21H2,1-7H3/t23-,28?/m0/s1. The predicted octanol–water partition coefficient (Wildman–Crippen LogP) is 3.14. The number of nitrogens with zero attached hydrogens (tertiary/aromatic N) is 6. The maximum Gasteiger partial charge on any atom is 0.459 e. The van der Waals surface area contributed by atoms with Gasteiger partial charge in [0.2, 0.25) is 5.91 Å². The molecule has 12 nitrogen and oxygen atoms in total. The Morgan fingerprint density at radius 2 is 1.56 bits per heavy atom. The molecule has 2 aliphatic rings. The molecule has 5 rings (SSSR count). The normalized spacial score (nSPS) is 17.2. The van der Waals surface area contributed by atoms with Crippen LogP contribution in [0.1, 0.15) is 94.9 Å². The monoisotopic (exact) mass is 655 g/mol. The molecular formula is C36H45N7O5. The number of amides is 3. The number of nitrogens with one attached hydrogen (secondary N) is 1. The number of aryl methyl sites for hydroxylation is 2.